The Morgan fingerprint density at radius 3 is 0.529 bits per heavy atom. The smallest absolute Gasteiger partial charge is 0.0538 e. The topological polar surface area (TPSA) is 0 Å². The van der Waals surface area contributed by atoms with Gasteiger partial charge in [-0.05, 0) is 0 Å². The lowest BCUT2D eigenvalue weighted by Gasteiger charge is -1.79. The Bertz CT molecular complexity index is 19.2. The fraction of sp³-hybridized carbons (Fsp3) is 1.00. The average Bonchev–Trinajstić information content (AvgIpc) is 2.39. The molecule has 0 nitrogen and oxygen atoms in total. The Labute approximate surface area is 116 Å². The second kappa shape index (κ2) is 144. The zero-order valence-corrected chi connectivity index (χ0v) is 15.5. The van der Waals surface area contributed by atoms with Crippen LogP contribution in [0, 0.1) is 0 Å². The van der Waals surface area contributed by atoms with Gasteiger partial charge >= 0.3 is 0 Å². The van der Waals surface area contributed by atoms with Crippen LogP contribution in [0.1, 0.15) is 115 Å². The predicted molar refractivity (Wildman–Crippen MR) is 91.2 cm³/mol. The Morgan fingerprint density at radius 2 is 0.529 bits per heavy atom. The summed E-state index contributed by atoms with van der Waals surface area (Å²) in [5.74, 6) is 0. The molecule has 0 rings (SSSR count). The van der Waals surface area contributed by atoms with E-state index in [-0.39, 0.29) is 0 Å². The molecule has 0 radical (unpaired) electrons. The third-order valence-electron chi connectivity index (χ3n) is 0.707. The standard InChI is InChI=1S/C5H12.2C3H8.3C2H6/c1-3-5-4-2;2*1-3-2;3*1-2/h3-5H2,1-2H3;2*3H2,1-2H3;3*1-2H3. The lowest BCUT2D eigenvalue weighted by atomic mass is 10.3. The maximum Gasteiger partial charge on any atom is -0.0538 e. The van der Waals surface area contributed by atoms with Gasteiger partial charge in [-0.2, -0.15) is 0 Å². The molecule has 0 saturated carbocycles. The van der Waals surface area contributed by atoms with Crippen molar-refractivity contribution in [2.75, 3.05) is 0 Å². The number of rotatable bonds is 2. The van der Waals surface area contributed by atoms with E-state index in [1.165, 1.54) is 32.1 Å². The van der Waals surface area contributed by atoms with E-state index in [0.29, 0.717) is 0 Å². The fourth-order valence-electron chi connectivity index (χ4n) is 0.354. The van der Waals surface area contributed by atoms with Crippen molar-refractivity contribution in [1.29, 1.82) is 0 Å². The molecule has 0 aromatic rings. The molecule has 0 unspecified atom stereocenters. The summed E-state index contributed by atoms with van der Waals surface area (Å²) in [5, 5.41) is 0. The highest BCUT2D eigenvalue weighted by Crippen LogP contribution is 1.88. The van der Waals surface area contributed by atoms with Gasteiger partial charge in [0.2, 0.25) is 0 Å². The molecule has 0 saturated heterocycles. The summed E-state index contributed by atoms with van der Waals surface area (Å²) in [6.07, 6.45) is 6.58. The lowest BCUT2D eigenvalue weighted by molar-refractivity contribution is 0.772. The summed E-state index contributed by atoms with van der Waals surface area (Å²) in [5.41, 5.74) is 0. The van der Waals surface area contributed by atoms with Crippen molar-refractivity contribution in [1.82, 2.24) is 0 Å². The molecule has 0 fully saturated rings. The predicted octanol–water partition coefficient (Wildman–Crippen LogP) is 8.11. The van der Waals surface area contributed by atoms with Crippen LogP contribution in [0.15, 0.2) is 0 Å². The normalized spacial score (nSPS) is 5.65. The van der Waals surface area contributed by atoms with E-state index >= 15 is 0 Å². The van der Waals surface area contributed by atoms with Gasteiger partial charge in [0, 0.05) is 0 Å². The van der Waals surface area contributed by atoms with Crippen LogP contribution in [0.5, 0.6) is 0 Å². The molecule has 0 aliphatic carbocycles. The van der Waals surface area contributed by atoms with Gasteiger partial charge in [0.05, 0.1) is 0 Å². The van der Waals surface area contributed by atoms with E-state index in [1.807, 2.05) is 41.5 Å². The largest absolute Gasteiger partial charge is 0.0683 e. The highest BCUT2D eigenvalue weighted by atomic mass is 13.7. The van der Waals surface area contributed by atoms with Gasteiger partial charge in [0.25, 0.3) is 0 Å². The summed E-state index contributed by atoms with van der Waals surface area (Å²) < 4.78 is 0. The van der Waals surface area contributed by atoms with Crippen LogP contribution in [-0.4, -0.2) is 0 Å². The van der Waals surface area contributed by atoms with Crippen LogP contribution >= 0.6 is 0 Å². The van der Waals surface area contributed by atoms with E-state index < -0.39 is 0 Å². The minimum Gasteiger partial charge on any atom is -0.0683 e. The molecule has 0 aliphatic heterocycles. The minimum atomic E-state index is 1.25. The Kier molecular flexibility index (Phi) is 305. The van der Waals surface area contributed by atoms with Crippen LogP contribution in [0.25, 0.3) is 0 Å². The molecule has 0 amide bonds. The van der Waals surface area contributed by atoms with Gasteiger partial charge in [0.1, 0.15) is 0 Å². The molecule has 0 aromatic heterocycles. The fourth-order valence-corrected chi connectivity index (χ4v) is 0.354. The summed E-state index contributed by atoms with van der Waals surface area (Å²) in [6, 6.07) is 0. The van der Waals surface area contributed by atoms with Crippen molar-refractivity contribution in [2.24, 2.45) is 0 Å². The zero-order chi connectivity index (χ0) is 15.5. The molecular formula is C17H46. The van der Waals surface area contributed by atoms with Crippen molar-refractivity contribution < 1.29 is 0 Å². The molecule has 0 aliphatic rings. The monoisotopic (exact) mass is 250 g/mol. The van der Waals surface area contributed by atoms with Crippen LogP contribution < -0.4 is 0 Å². The maximum atomic E-state index is 2.21. The maximum absolute atomic E-state index is 2.21. The van der Waals surface area contributed by atoms with Gasteiger partial charge in [-0.15, -0.1) is 0 Å². The lowest BCUT2D eigenvalue weighted by Crippen LogP contribution is -1.59. The van der Waals surface area contributed by atoms with Crippen molar-refractivity contribution in [3.63, 3.8) is 0 Å². The molecule has 0 spiro atoms. The Balaban J connectivity index is -0.0000000225. The minimum absolute atomic E-state index is 1.25. The van der Waals surface area contributed by atoms with Gasteiger partial charge in [-0.25, -0.2) is 0 Å². The average molecular weight is 251 g/mol. The van der Waals surface area contributed by atoms with Crippen molar-refractivity contribution >= 4 is 0 Å². The quantitative estimate of drug-likeness (QED) is 0.464. The molecule has 0 bridgehead atoms. The van der Waals surface area contributed by atoms with Crippen molar-refractivity contribution in [3.05, 3.63) is 0 Å². The van der Waals surface area contributed by atoms with Crippen LogP contribution in [0.4, 0.5) is 0 Å². The first-order chi connectivity index (χ1) is 8.24. The summed E-state index contributed by atoms with van der Waals surface area (Å²) in [4.78, 5) is 0. The van der Waals surface area contributed by atoms with Gasteiger partial charge in [-0.3, -0.25) is 0 Å². The molecule has 0 aromatic carbocycles. The summed E-state index contributed by atoms with van der Waals surface area (Å²) in [6.45, 7) is 24.9. The van der Waals surface area contributed by atoms with E-state index in [0.717, 1.165) is 0 Å². The van der Waals surface area contributed by atoms with Crippen LogP contribution in [-0.2, 0) is 0 Å². The molecule has 114 valence electrons. The van der Waals surface area contributed by atoms with E-state index in [1.54, 1.807) is 0 Å². The number of hydrogen-bond acceptors (Lipinski definition) is 0. The van der Waals surface area contributed by atoms with Gasteiger partial charge in [-0.1, -0.05) is 115 Å². The zero-order valence-electron chi connectivity index (χ0n) is 15.5. The first kappa shape index (κ1) is 36.0. The van der Waals surface area contributed by atoms with E-state index in [4.69, 9.17) is 0 Å². The molecular weight excluding hydrogens is 204 g/mol. The third kappa shape index (κ3) is 784. The number of hydrogen-bond donors (Lipinski definition) is 0. The van der Waals surface area contributed by atoms with E-state index in [9.17, 15) is 0 Å². The molecule has 0 heterocycles. The van der Waals surface area contributed by atoms with Crippen LogP contribution in [0.3, 0.4) is 0 Å². The molecule has 0 heteroatoms. The molecule has 0 atom stereocenters. The Morgan fingerprint density at radius 1 is 0.412 bits per heavy atom. The van der Waals surface area contributed by atoms with Crippen LogP contribution in [0.2, 0.25) is 0 Å². The number of unbranched alkanes of at least 4 members (excludes halogenated alkanes) is 2. The van der Waals surface area contributed by atoms with Gasteiger partial charge in [0.15, 0.2) is 0 Å². The second-order valence-electron chi connectivity index (χ2n) is 2.77. The van der Waals surface area contributed by atoms with E-state index in [2.05, 4.69) is 41.5 Å². The SMILES string of the molecule is CC.CC.CC.CCC.CCC.CCCCC. The summed E-state index contributed by atoms with van der Waals surface area (Å²) >= 11 is 0. The highest BCUT2D eigenvalue weighted by molar-refractivity contribution is 4.24. The highest BCUT2D eigenvalue weighted by Gasteiger charge is 1.68. The first-order valence-electron chi connectivity index (χ1n) is 8.24. The van der Waals surface area contributed by atoms with Crippen molar-refractivity contribution in [3.8, 4) is 0 Å². The van der Waals surface area contributed by atoms with Gasteiger partial charge < -0.3 is 0 Å². The Hall–Kier alpha value is 0. The summed E-state index contributed by atoms with van der Waals surface area (Å²) in [7, 11) is 0. The molecule has 17 heavy (non-hydrogen) atoms. The first-order valence-corrected chi connectivity index (χ1v) is 8.24. The second-order valence-corrected chi connectivity index (χ2v) is 2.77. The third-order valence-corrected chi connectivity index (χ3v) is 0.707. The van der Waals surface area contributed by atoms with Crippen molar-refractivity contribution in [2.45, 2.75) is 115 Å². The molecule has 0 N–H and O–H groups in total.